The van der Waals surface area contributed by atoms with Gasteiger partial charge in [0.1, 0.15) is 0 Å². The highest BCUT2D eigenvalue weighted by Gasteiger charge is 2.22. The van der Waals surface area contributed by atoms with Crippen molar-refractivity contribution in [2.75, 3.05) is 0 Å². The van der Waals surface area contributed by atoms with Gasteiger partial charge in [-0.25, -0.2) is 13.2 Å². The fourth-order valence-corrected chi connectivity index (χ4v) is 3.14. The third-order valence-corrected chi connectivity index (χ3v) is 4.33. The summed E-state index contributed by atoms with van der Waals surface area (Å²) in [5.74, 6) is -0.470. The lowest BCUT2D eigenvalue weighted by Gasteiger charge is -2.28. The summed E-state index contributed by atoms with van der Waals surface area (Å²) in [6, 6.07) is 4.27. The van der Waals surface area contributed by atoms with E-state index in [1.807, 2.05) is 0 Å². The molecule has 0 bridgehead atoms. The molecule has 1 aliphatic rings. The lowest BCUT2D eigenvalue weighted by molar-refractivity contribution is 0.305. The second kappa shape index (κ2) is 7.51. The molecule has 1 aromatic carbocycles. The molecule has 20 heavy (non-hydrogen) atoms. The lowest BCUT2D eigenvalue weighted by Crippen LogP contribution is -2.13. The Morgan fingerprint density at radius 3 is 2.45 bits per heavy atom. The molecule has 1 saturated carbocycles. The van der Waals surface area contributed by atoms with E-state index in [4.69, 9.17) is 0 Å². The number of rotatable bonds is 5. The molecule has 3 heteroatoms. The first-order valence-electron chi connectivity index (χ1n) is 7.41. The summed E-state index contributed by atoms with van der Waals surface area (Å²) < 4.78 is 38.0. The van der Waals surface area contributed by atoms with E-state index in [9.17, 15) is 13.2 Å². The molecule has 2 rings (SSSR count). The number of hydrogen-bond donors (Lipinski definition) is 0. The number of benzene rings is 1. The molecule has 0 atom stereocenters. The zero-order valence-electron chi connectivity index (χ0n) is 11.6. The van der Waals surface area contributed by atoms with Gasteiger partial charge in [0.25, 0.3) is 0 Å². The molecule has 0 spiro atoms. The Morgan fingerprint density at radius 2 is 1.80 bits per heavy atom. The molecule has 1 fully saturated rings. The highest BCUT2D eigenvalue weighted by molar-refractivity contribution is 5.22. The summed E-state index contributed by atoms with van der Waals surface area (Å²) in [6.45, 7) is 0. The van der Waals surface area contributed by atoms with E-state index in [0.29, 0.717) is 18.2 Å². The molecule has 0 nitrogen and oxygen atoms in total. The molecule has 1 aromatic rings. The molecule has 0 saturated heterocycles. The van der Waals surface area contributed by atoms with Gasteiger partial charge in [-0.3, -0.25) is 0 Å². The number of halogens is 3. The predicted molar refractivity (Wildman–Crippen MR) is 75.2 cm³/mol. The van der Waals surface area contributed by atoms with Crippen molar-refractivity contribution in [1.29, 1.82) is 0 Å². The molecule has 0 amide bonds. The van der Waals surface area contributed by atoms with Crippen molar-refractivity contribution in [2.24, 2.45) is 5.92 Å². The topological polar surface area (TPSA) is 0 Å². The molecule has 0 aliphatic heterocycles. The zero-order valence-corrected chi connectivity index (χ0v) is 11.6. The molecule has 0 radical (unpaired) electrons. The van der Waals surface area contributed by atoms with Gasteiger partial charge >= 0.3 is 0 Å². The Balaban J connectivity index is 1.80. The Bertz CT molecular complexity index is 446. The summed E-state index contributed by atoms with van der Waals surface area (Å²) in [6.07, 6.45) is 9.47. The van der Waals surface area contributed by atoms with Crippen LogP contribution in [0.1, 0.15) is 56.4 Å². The third-order valence-electron chi connectivity index (χ3n) is 4.33. The van der Waals surface area contributed by atoms with E-state index in [2.05, 4.69) is 0 Å². The van der Waals surface area contributed by atoms with E-state index in [-0.39, 0.29) is 0 Å². The van der Waals surface area contributed by atoms with Crippen molar-refractivity contribution in [3.63, 3.8) is 0 Å². The quantitative estimate of drug-likeness (QED) is 0.590. The van der Waals surface area contributed by atoms with E-state index in [0.717, 1.165) is 50.5 Å². The van der Waals surface area contributed by atoms with Crippen molar-refractivity contribution in [1.82, 2.24) is 0 Å². The monoisotopic (exact) mass is 282 g/mol. The molecule has 0 heterocycles. The van der Waals surface area contributed by atoms with Crippen LogP contribution in [0.5, 0.6) is 0 Å². The first-order chi connectivity index (χ1) is 9.70. The van der Waals surface area contributed by atoms with Gasteiger partial charge in [-0.1, -0.05) is 18.6 Å². The summed E-state index contributed by atoms with van der Waals surface area (Å²) in [4.78, 5) is 0. The molecule has 0 unspecified atom stereocenters. The van der Waals surface area contributed by atoms with Crippen LogP contribution in [0.15, 0.2) is 30.6 Å². The van der Waals surface area contributed by atoms with Gasteiger partial charge < -0.3 is 0 Å². The number of unbranched alkanes of at least 4 members (excludes halogenated alkanes) is 1. The van der Waals surface area contributed by atoms with Crippen molar-refractivity contribution < 1.29 is 13.2 Å². The first-order valence-corrected chi connectivity index (χ1v) is 7.41. The van der Waals surface area contributed by atoms with E-state index < -0.39 is 11.6 Å². The average Bonchev–Trinajstić information content (AvgIpc) is 2.47. The minimum atomic E-state index is -0.775. The summed E-state index contributed by atoms with van der Waals surface area (Å²) in [5.41, 5.74) is 0.919. The van der Waals surface area contributed by atoms with Gasteiger partial charge in [-0.15, -0.1) is 0 Å². The van der Waals surface area contributed by atoms with Crippen molar-refractivity contribution in [2.45, 2.75) is 50.9 Å². The van der Waals surface area contributed by atoms with Gasteiger partial charge in [-0.2, -0.15) is 0 Å². The molecule has 0 aromatic heterocycles. The molecular formula is C17H21F3. The molecule has 0 N–H and O–H groups in total. The van der Waals surface area contributed by atoms with Crippen LogP contribution in [0.4, 0.5) is 13.2 Å². The lowest BCUT2D eigenvalue weighted by atomic mass is 9.77. The largest absolute Gasteiger partial charge is 0.216 e. The van der Waals surface area contributed by atoms with Crippen LogP contribution in [0.2, 0.25) is 0 Å². The molecule has 1 aliphatic carbocycles. The minimum absolute atomic E-state index is 0.354. The van der Waals surface area contributed by atoms with Crippen LogP contribution in [-0.4, -0.2) is 0 Å². The summed E-state index contributed by atoms with van der Waals surface area (Å²) >= 11 is 0. The maximum Gasteiger partial charge on any atom is 0.159 e. The third kappa shape index (κ3) is 4.12. The van der Waals surface area contributed by atoms with Crippen LogP contribution in [-0.2, 0) is 0 Å². The van der Waals surface area contributed by atoms with Crippen molar-refractivity contribution in [3.8, 4) is 0 Å². The molecule has 110 valence electrons. The fourth-order valence-electron chi connectivity index (χ4n) is 3.14. The van der Waals surface area contributed by atoms with Gasteiger partial charge in [0, 0.05) is 0 Å². The number of hydrogen-bond acceptors (Lipinski definition) is 0. The van der Waals surface area contributed by atoms with Crippen LogP contribution < -0.4 is 0 Å². The minimum Gasteiger partial charge on any atom is -0.216 e. The average molecular weight is 282 g/mol. The van der Waals surface area contributed by atoms with Crippen LogP contribution >= 0.6 is 0 Å². The van der Waals surface area contributed by atoms with Gasteiger partial charge in [0.2, 0.25) is 0 Å². The normalized spacial score (nSPS) is 23.4. The maximum atomic E-state index is 13.2. The highest BCUT2D eigenvalue weighted by atomic mass is 19.2. The maximum absolute atomic E-state index is 13.2. The predicted octanol–water partition coefficient (Wildman–Crippen LogP) is 5.89. The van der Waals surface area contributed by atoms with E-state index >= 15 is 0 Å². The highest BCUT2D eigenvalue weighted by Crippen LogP contribution is 2.37. The summed E-state index contributed by atoms with van der Waals surface area (Å²) in [7, 11) is 0. The Kier molecular flexibility index (Phi) is 5.69. The second-order valence-corrected chi connectivity index (χ2v) is 5.68. The van der Waals surface area contributed by atoms with E-state index in [1.54, 1.807) is 12.1 Å². The smallest absolute Gasteiger partial charge is 0.159 e. The Hall–Kier alpha value is -1.25. The second-order valence-electron chi connectivity index (χ2n) is 5.68. The van der Waals surface area contributed by atoms with Gasteiger partial charge in [0.05, 0.1) is 6.33 Å². The Morgan fingerprint density at radius 1 is 1.05 bits per heavy atom. The standard InChI is InChI=1S/C17H21F3/c18-11-3-1-2-4-13-5-7-14(8-6-13)15-9-10-16(19)17(20)12-15/h3,9-14H,1-2,4-8H2/b11-3+. The van der Waals surface area contributed by atoms with Crippen molar-refractivity contribution >= 4 is 0 Å². The zero-order chi connectivity index (χ0) is 14.4. The van der Waals surface area contributed by atoms with Crippen LogP contribution in [0.3, 0.4) is 0 Å². The van der Waals surface area contributed by atoms with E-state index in [1.165, 1.54) is 12.1 Å². The van der Waals surface area contributed by atoms with Crippen LogP contribution in [0.25, 0.3) is 0 Å². The van der Waals surface area contributed by atoms with Gasteiger partial charge in [0.15, 0.2) is 11.6 Å². The molecular weight excluding hydrogens is 261 g/mol. The first kappa shape index (κ1) is 15.1. The Labute approximate surface area is 118 Å². The number of allylic oxidation sites excluding steroid dienone is 1. The SMILES string of the molecule is F/C=C/CCCC1CCC(c2ccc(F)c(F)c2)CC1. The fraction of sp³-hybridized carbons (Fsp3) is 0.529. The van der Waals surface area contributed by atoms with Crippen molar-refractivity contribution in [3.05, 3.63) is 47.8 Å². The van der Waals surface area contributed by atoms with Gasteiger partial charge in [-0.05, 0) is 68.1 Å². The summed E-state index contributed by atoms with van der Waals surface area (Å²) in [5, 5.41) is 0. The van der Waals surface area contributed by atoms with Crippen LogP contribution in [0, 0.1) is 17.6 Å².